The summed E-state index contributed by atoms with van der Waals surface area (Å²) in [5, 5.41) is 5.31. The lowest BCUT2D eigenvalue weighted by molar-refractivity contribution is 0.0948. The highest BCUT2D eigenvalue weighted by Crippen LogP contribution is 2.23. The standard InChI is InChI=1S/C16H21N3O3S2/c1-3-19(24(2,21)22)11-7-10-17-15(20)14-12-23-16(18-14)13-8-5-4-6-9-13/h4-6,8-9,12H,3,7,10-11H2,1-2H3,(H,17,20). The molecule has 130 valence electrons. The molecule has 0 bridgehead atoms. The molecule has 0 radical (unpaired) electrons. The van der Waals surface area contributed by atoms with Gasteiger partial charge in [-0.3, -0.25) is 4.79 Å². The van der Waals surface area contributed by atoms with Crippen LogP contribution in [0.2, 0.25) is 0 Å². The quantitative estimate of drug-likeness (QED) is 0.726. The monoisotopic (exact) mass is 367 g/mol. The van der Waals surface area contributed by atoms with Crippen LogP contribution < -0.4 is 5.32 Å². The lowest BCUT2D eigenvalue weighted by Gasteiger charge is -2.17. The Hall–Kier alpha value is -1.77. The van der Waals surface area contributed by atoms with Crippen molar-refractivity contribution in [3.63, 3.8) is 0 Å². The maximum absolute atomic E-state index is 12.1. The van der Waals surface area contributed by atoms with Crippen molar-refractivity contribution in [2.24, 2.45) is 0 Å². The van der Waals surface area contributed by atoms with Crippen molar-refractivity contribution >= 4 is 27.3 Å². The number of carbonyl (C=O) groups is 1. The maximum Gasteiger partial charge on any atom is 0.270 e. The molecule has 1 amide bonds. The zero-order chi connectivity index (χ0) is 17.6. The van der Waals surface area contributed by atoms with Crippen LogP contribution in [0, 0.1) is 0 Å². The molecule has 6 nitrogen and oxygen atoms in total. The van der Waals surface area contributed by atoms with Gasteiger partial charge < -0.3 is 5.32 Å². The molecule has 0 spiro atoms. The number of hydrogen-bond donors (Lipinski definition) is 1. The van der Waals surface area contributed by atoms with Crippen LogP contribution in [0.3, 0.4) is 0 Å². The summed E-state index contributed by atoms with van der Waals surface area (Å²) in [5.41, 5.74) is 1.36. The molecule has 0 aliphatic rings. The normalized spacial score (nSPS) is 11.6. The third-order valence-corrected chi connectivity index (χ3v) is 5.72. The van der Waals surface area contributed by atoms with Gasteiger partial charge in [0.1, 0.15) is 10.7 Å². The number of hydrogen-bond acceptors (Lipinski definition) is 5. The molecule has 24 heavy (non-hydrogen) atoms. The summed E-state index contributed by atoms with van der Waals surface area (Å²) >= 11 is 1.42. The summed E-state index contributed by atoms with van der Waals surface area (Å²) in [6.45, 7) is 3.02. The van der Waals surface area contributed by atoms with E-state index in [-0.39, 0.29) is 5.91 Å². The average Bonchev–Trinajstić information content (AvgIpc) is 3.04. The minimum Gasteiger partial charge on any atom is -0.351 e. The van der Waals surface area contributed by atoms with Gasteiger partial charge in [0.05, 0.1) is 6.26 Å². The second kappa shape index (κ2) is 8.36. The average molecular weight is 367 g/mol. The van der Waals surface area contributed by atoms with Gasteiger partial charge in [0.25, 0.3) is 5.91 Å². The Morgan fingerprint density at radius 3 is 2.62 bits per heavy atom. The number of amides is 1. The molecule has 2 rings (SSSR count). The summed E-state index contributed by atoms with van der Waals surface area (Å²) in [6, 6.07) is 9.69. The van der Waals surface area contributed by atoms with Crippen LogP contribution in [0.15, 0.2) is 35.7 Å². The summed E-state index contributed by atoms with van der Waals surface area (Å²) in [5.74, 6) is -0.240. The molecular weight excluding hydrogens is 346 g/mol. The summed E-state index contributed by atoms with van der Waals surface area (Å²) in [4.78, 5) is 16.5. The molecule has 1 heterocycles. The minimum atomic E-state index is -3.19. The molecular formula is C16H21N3O3S2. The first-order valence-corrected chi connectivity index (χ1v) is 10.4. The van der Waals surface area contributed by atoms with E-state index in [0.717, 1.165) is 10.6 Å². The summed E-state index contributed by atoms with van der Waals surface area (Å²) in [6.07, 6.45) is 1.75. The Balaban J connectivity index is 1.84. The summed E-state index contributed by atoms with van der Waals surface area (Å²) < 4.78 is 24.3. The molecule has 0 aliphatic heterocycles. The smallest absolute Gasteiger partial charge is 0.270 e. The third kappa shape index (κ3) is 5.12. The van der Waals surface area contributed by atoms with E-state index in [4.69, 9.17) is 0 Å². The molecule has 0 aliphatic carbocycles. The first-order valence-electron chi connectivity index (χ1n) is 7.66. The lowest BCUT2D eigenvalue weighted by Crippen LogP contribution is -2.33. The van der Waals surface area contributed by atoms with Gasteiger partial charge >= 0.3 is 0 Å². The van der Waals surface area contributed by atoms with E-state index in [2.05, 4.69) is 10.3 Å². The number of rotatable bonds is 8. The van der Waals surface area contributed by atoms with Crippen LogP contribution in [0.1, 0.15) is 23.8 Å². The molecule has 0 fully saturated rings. The zero-order valence-corrected chi connectivity index (χ0v) is 15.4. The molecule has 1 aromatic heterocycles. The molecule has 0 unspecified atom stereocenters. The Kier molecular flexibility index (Phi) is 6.47. The van der Waals surface area contributed by atoms with Crippen molar-refractivity contribution in [2.45, 2.75) is 13.3 Å². The minimum absolute atomic E-state index is 0.240. The van der Waals surface area contributed by atoms with Crippen LogP contribution in [-0.2, 0) is 10.0 Å². The van der Waals surface area contributed by atoms with Gasteiger partial charge in [0.15, 0.2) is 0 Å². The number of benzene rings is 1. The number of thiazole rings is 1. The maximum atomic E-state index is 12.1. The van der Waals surface area contributed by atoms with Crippen molar-refractivity contribution in [1.82, 2.24) is 14.6 Å². The van der Waals surface area contributed by atoms with Crippen LogP contribution in [0.4, 0.5) is 0 Å². The van der Waals surface area contributed by atoms with E-state index < -0.39 is 10.0 Å². The molecule has 0 saturated heterocycles. The van der Waals surface area contributed by atoms with E-state index in [1.54, 1.807) is 12.3 Å². The molecule has 2 aromatic rings. The van der Waals surface area contributed by atoms with Crippen LogP contribution in [0.25, 0.3) is 10.6 Å². The fourth-order valence-corrected chi connectivity index (χ4v) is 3.93. The van der Waals surface area contributed by atoms with Crippen LogP contribution in [-0.4, -0.2) is 49.5 Å². The van der Waals surface area contributed by atoms with Crippen molar-refractivity contribution in [3.8, 4) is 10.6 Å². The van der Waals surface area contributed by atoms with Gasteiger partial charge in [0.2, 0.25) is 10.0 Å². The third-order valence-electron chi connectivity index (χ3n) is 3.45. The van der Waals surface area contributed by atoms with E-state index in [1.165, 1.54) is 21.9 Å². The molecule has 1 aromatic carbocycles. The zero-order valence-electron chi connectivity index (χ0n) is 13.7. The number of aromatic nitrogens is 1. The Morgan fingerprint density at radius 2 is 2.00 bits per heavy atom. The SMILES string of the molecule is CCN(CCCNC(=O)c1csc(-c2ccccc2)n1)S(C)(=O)=O. The van der Waals surface area contributed by atoms with Crippen molar-refractivity contribution in [1.29, 1.82) is 0 Å². The fraction of sp³-hybridized carbons (Fsp3) is 0.375. The largest absolute Gasteiger partial charge is 0.351 e. The van der Waals surface area contributed by atoms with Gasteiger partial charge in [-0.05, 0) is 6.42 Å². The first kappa shape index (κ1) is 18.6. The topological polar surface area (TPSA) is 79.4 Å². The molecule has 1 N–H and O–H groups in total. The van der Waals surface area contributed by atoms with Gasteiger partial charge in [-0.1, -0.05) is 37.3 Å². The van der Waals surface area contributed by atoms with E-state index >= 15 is 0 Å². The molecule has 8 heteroatoms. The second-order valence-electron chi connectivity index (χ2n) is 5.27. The van der Waals surface area contributed by atoms with Gasteiger partial charge in [-0.25, -0.2) is 17.7 Å². The van der Waals surface area contributed by atoms with Gasteiger partial charge in [-0.15, -0.1) is 11.3 Å². The Labute approximate surface area is 146 Å². The second-order valence-corrected chi connectivity index (χ2v) is 8.11. The highest BCUT2D eigenvalue weighted by Gasteiger charge is 2.14. The number of nitrogens with zero attached hydrogens (tertiary/aromatic N) is 2. The van der Waals surface area contributed by atoms with E-state index in [1.807, 2.05) is 30.3 Å². The van der Waals surface area contributed by atoms with Crippen molar-refractivity contribution in [2.75, 3.05) is 25.9 Å². The summed E-state index contributed by atoms with van der Waals surface area (Å²) in [7, 11) is -3.19. The Bertz CT molecular complexity index is 773. The van der Waals surface area contributed by atoms with Crippen molar-refractivity contribution < 1.29 is 13.2 Å². The highest BCUT2D eigenvalue weighted by molar-refractivity contribution is 7.88. The first-order chi connectivity index (χ1) is 11.4. The number of sulfonamides is 1. The number of nitrogens with one attached hydrogen (secondary N) is 1. The van der Waals surface area contributed by atoms with E-state index in [9.17, 15) is 13.2 Å². The lowest BCUT2D eigenvalue weighted by atomic mass is 10.2. The van der Waals surface area contributed by atoms with E-state index in [0.29, 0.717) is 31.7 Å². The fourth-order valence-electron chi connectivity index (χ4n) is 2.20. The predicted octanol–water partition coefficient (Wildman–Crippen LogP) is 2.21. The van der Waals surface area contributed by atoms with Crippen LogP contribution in [0.5, 0.6) is 0 Å². The molecule has 0 atom stereocenters. The number of carbonyl (C=O) groups excluding carboxylic acids is 1. The molecule has 0 saturated carbocycles. The van der Waals surface area contributed by atoms with Crippen LogP contribution >= 0.6 is 11.3 Å². The highest BCUT2D eigenvalue weighted by atomic mass is 32.2. The Morgan fingerprint density at radius 1 is 1.29 bits per heavy atom. The van der Waals surface area contributed by atoms with Gasteiger partial charge in [0, 0.05) is 30.6 Å². The van der Waals surface area contributed by atoms with Gasteiger partial charge in [-0.2, -0.15) is 0 Å². The van der Waals surface area contributed by atoms with Crippen molar-refractivity contribution in [3.05, 3.63) is 41.4 Å². The predicted molar refractivity (Wildman–Crippen MR) is 96.6 cm³/mol.